The third-order valence-corrected chi connectivity index (χ3v) is 3.29. The maximum atomic E-state index is 10.6. The van der Waals surface area contributed by atoms with Crippen LogP contribution in [0.2, 0.25) is 0 Å². The summed E-state index contributed by atoms with van der Waals surface area (Å²) in [6.45, 7) is 1.96. The number of carbonyl (C=O) groups is 1. The van der Waals surface area contributed by atoms with Crippen LogP contribution in [0, 0.1) is 6.92 Å². The summed E-state index contributed by atoms with van der Waals surface area (Å²) in [5, 5.41) is 15.9. The van der Waals surface area contributed by atoms with Gasteiger partial charge in [-0.05, 0) is 31.0 Å². The van der Waals surface area contributed by atoms with Crippen LogP contribution < -0.4 is 0 Å². The van der Waals surface area contributed by atoms with E-state index < -0.39 is 5.97 Å². The topological polar surface area (TPSA) is 66.0 Å². The third-order valence-electron chi connectivity index (χ3n) is 2.80. The number of aryl methyl sites for hydroxylation is 1. The van der Waals surface area contributed by atoms with Gasteiger partial charge in [-0.25, -0.2) is 0 Å². The fourth-order valence-corrected chi connectivity index (χ4v) is 2.23. The molecular weight excluding hydrogens is 296 g/mol. The monoisotopic (exact) mass is 308 g/mol. The smallest absolute Gasteiger partial charge is 0.303 e. The number of rotatable bonds is 4. The van der Waals surface area contributed by atoms with Gasteiger partial charge in [0.05, 0.1) is 12.1 Å². The van der Waals surface area contributed by atoms with E-state index in [9.17, 15) is 4.79 Å². The van der Waals surface area contributed by atoms with E-state index in [0.717, 1.165) is 27.0 Å². The van der Waals surface area contributed by atoms with Crippen LogP contribution in [0.5, 0.6) is 0 Å². The number of carboxylic acids is 1. The van der Waals surface area contributed by atoms with Gasteiger partial charge in [0.15, 0.2) is 0 Å². The third kappa shape index (κ3) is 2.79. The van der Waals surface area contributed by atoms with Crippen LogP contribution in [0.15, 0.2) is 28.7 Å². The van der Waals surface area contributed by atoms with Crippen LogP contribution in [0.3, 0.4) is 0 Å². The van der Waals surface area contributed by atoms with E-state index in [2.05, 4.69) is 26.1 Å². The number of nitrogens with zero attached hydrogens (tertiary/aromatic N) is 1. The van der Waals surface area contributed by atoms with E-state index in [0.29, 0.717) is 6.42 Å². The van der Waals surface area contributed by atoms with Crippen LogP contribution in [0.4, 0.5) is 0 Å². The quantitative estimate of drug-likeness (QED) is 0.911. The lowest BCUT2D eigenvalue weighted by Gasteiger charge is -2.00. The predicted molar refractivity (Wildman–Crippen MR) is 72.4 cm³/mol. The van der Waals surface area contributed by atoms with Crippen LogP contribution in [-0.4, -0.2) is 21.3 Å². The van der Waals surface area contributed by atoms with Crippen molar-refractivity contribution in [2.24, 2.45) is 0 Å². The minimum absolute atomic E-state index is 0.112. The van der Waals surface area contributed by atoms with E-state index in [1.807, 2.05) is 31.2 Å². The molecule has 0 bridgehead atoms. The Bertz CT molecular complexity index is 578. The summed E-state index contributed by atoms with van der Waals surface area (Å²) in [5.74, 6) is -0.798. The summed E-state index contributed by atoms with van der Waals surface area (Å²) in [5.41, 5.74) is 3.78. The first-order chi connectivity index (χ1) is 8.58. The zero-order valence-electron chi connectivity index (χ0n) is 9.90. The number of halogens is 1. The van der Waals surface area contributed by atoms with Crippen LogP contribution in [0.25, 0.3) is 11.3 Å². The number of nitrogens with one attached hydrogen (secondary N) is 1. The minimum Gasteiger partial charge on any atom is -0.481 e. The first kappa shape index (κ1) is 12.8. The number of aromatic nitrogens is 2. The molecule has 18 heavy (non-hydrogen) atoms. The van der Waals surface area contributed by atoms with Gasteiger partial charge in [0.1, 0.15) is 0 Å². The van der Waals surface area contributed by atoms with Gasteiger partial charge in [0.2, 0.25) is 0 Å². The lowest BCUT2D eigenvalue weighted by atomic mass is 10.1. The zero-order chi connectivity index (χ0) is 13.1. The van der Waals surface area contributed by atoms with Crippen molar-refractivity contribution in [3.8, 4) is 11.3 Å². The van der Waals surface area contributed by atoms with Gasteiger partial charge < -0.3 is 5.11 Å². The summed E-state index contributed by atoms with van der Waals surface area (Å²) in [4.78, 5) is 10.6. The second kappa shape index (κ2) is 5.35. The lowest BCUT2D eigenvalue weighted by Crippen LogP contribution is -1.98. The summed E-state index contributed by atoms with van der Waals surface area (Å²) < 4.78 is 0.995. The van der Waals surface area contributed by atoms with Crippen LogP contribution in [-0.2, 0) is 11.2 Å². The molecule has 2 rings (SSSR count). The highest BCUT2D eigenvalue weighted by Crippen LogP contribution is 2.26. The first-order valence-corrected chi connectivity index (χ1v) is 6.39. The molecule has 0 fully saturated rings. The number of hydrogen-bond donors (Lipinski definition) is 2. The number of aliphatic carboxylic acids is 1. The maximum Gasteiger partial charge on any atom is 0.303 e. The SMILES string of the molecule is Cc1c(-c2cccc(Br)c2)n[nH]c1CCC(=O)O. The molecule has 0 spiro atoms. The second-order valence-corrected chi connectivity index (χ2v) is 5.00. The average molecular weight is 309 g/mol. The number of H-pyrrole nitrogens is 1. The fraction of sp³-hybridized carbons (Fsp3) is 0.231. The maximum absolute atomic E-state index is 10.6. The number of carboxylic acid groups (broad SMARTS) is 1. The Hall–Kier alpha value is -1.62. The molecule has 0 radical (unpaired) electrons. The standard InChI is InChI=1S/C13H13BrN2O2/c1-8-11(5-6-12(17)18)15-16-13(8)9-3-2-4-10(14)7-9/h2-4,7H,5-6H2,1H3,(H,15,16)(H,17,18). The minimum atomic E-state index is -0.798. The van der Waals surface area contributed by atoms with Crippen molar-refractivity contribution in [3.63, 3.8) is 0 Å². The Morgan fingerprint density at radius 3 is 2.94 bits per heavy atom. The summed E-state index contributed by atoms with van der Waals surface area (Å²) in [6, 6.07) is 7.88. The molecule has 1 aromatic carbocycles. The highest BCUT2D eigenvalue weighted by molar-refractivity contribution is 9.10. The first-order valence-electron chi connectivity index (χ1n) is 5.59. The van der Waals surface area contributed by atoms with Crippen molar-refractivity contribution in [1.82, 2.24) is 10.2 Å². The largest absolute Gasteiger partial charge is 0.481 e. The van der Waals surface area contributed by atoms with E-state index >= 15 is 0 Å². The van der Waals surface area contributed by atoms with Crippen molar-refractivity contribution >= 4 is 21.9 Å². The van der Waals surface area contributed by atoms with Crippen LogP contribution >= 0.6 is 15.9 Å². The van der Waals surface area contributed by atoms with E-state index in [4.69, 9.17) is 5.11 Å². The predicted octanol–water partition coefficient (Wildman–Crippen LogP) is 3.16. The van der Waals surface area contributed by atoms with Gasteiger partial charge in [0, 0.05) is 15.7 Å². The average Bonchev–Trinajstić information content (AvgIpc) is 2.68. The summed E-state index contributed by atoms with van der Waals surface area (Å²) in [6.07, 6.45) is 0.586. The highest BCUT2D eigenvalue weighted by atomic mass is 79.9. The van der Waals surface area contributed by atoms with Gasteiger partial charge >= 0.3 is 5.97 Å². The normalized spacial score (nSPS) is 10.6. The summed E-state index contributed by atoms with van der Waals surface area (Å²) >= 11 is 3.42. The number of benzene rings is 1. The molecular formula is C13H13BrN2O2. The van der Waals surface area contributed by atoms with E-state index in [-0.39, 0.29) is 6.42 Å². The molecule has 0 saturated carbocycles. The van der Waals surface area contributed by atoms with Gasteiger partial charge in [-0.15, -0.1) is 0 Å². The molecule has 0 saturated heterocycles. The van der Waals surface area contributed by atoms with Gasteiger partial charge in [0.25, 0.3) is 0 Å². The van der Waals surface area contributed by atoms with Gasteiger partial charge in [-0.2, -0.15) is 5.10 Å². The Labute approximate surface area is 113 Å². The molecule has 0 amide bonds. The lowest BCUT2D eigenvalue weighted by molar-refractivity contribution is -0.136. The molecule has 0 aliphatic carbocycles. The molecule has 0 atom stereocenters. The molecule has 0 unspecified atom stereocenters. The zero-order valence-corrected chi connectivity index (χ0v) is 11.5. The highest BCUT2D eigenvalue weighted by Gasteiger charge is 2.11. The molecule has 0 aliphatic rings. The second-order valence-electron chi connectivity index (χ2n) is 4.08. The molecule has 4 nitrogen and oxygen atoms in total. The Morgan fingerprint density at radius 1 is 1.50 bits per heavy atom. The number of aromatic amines is 1. The molecule has 1 heterocycles. The van der Waals surface area contributed by atoms with Crippen molar-refractivity contribution in [2.45, 2.75) is 19.8 Å². The Morgan fingerprint density at radius 2 is 2.28 bits per heavy atom. The molecule has 5 heteroatoms. The van der Waals surface area contributed by atoms with Crippen molar-refractivity contribution < 1.29 is 9.90 Å². The summed E-state index contributed by atoms with van der Waals surface area (Å²) in [7, 11) is 0. The molecule has 1 aromatic heterocycles. The van der Waals surface area contributed by atoms with Crippen molar-refractivity contribution in [1.29, 1.82) is 0 Å². The van der Waals surface area contributed by atoms with E-state index in [1.54, 1.807) is 0 Å². The van der Waals surface area contributed by atoms with Gasteiger partial charge in [-0.1, -0.05) is 28.1 Å². The Kier molecular flexibility index (Phi) is 3.81. The van der Waals surface area contributed by atoms with Crippen molar-refractivity contribution in [3.05, 3.63) is 40.0 Å². The van der Waals surface area contributed by atoms with E-state index in [1.165, 1.54) is 0 Å². The van der Waals surface area contributed by atoms with Crippen LogP contribution in [0.1, 0.15) is 17.7 Å². The molecule has 94 valence electrons. The fourth-order valence-electron chi connectivity index (χ4n) is 1.83. The van der Waals surface area contributed by atoms with Gasteiger partial charge in [-0.3, -0.25) is 9.89 Å². The molecule has 2 N–H and O–H groups in total. The molecule has 0 aliphatic heterocycles. The Balaban J connectivity index is 2.28. The number of hydrogen-bond acceptors (Lipinski definition) is 2. The molecule has 2 aromatic rings. The van der Waals surface area contributed by atoms with Crippen molar-refractivity contribution in [2.75, 3.05) is 0 Å².